The predicted octanol–water partition coefficient (Wildman–Crippen LogP) is 4.61. The second kappa shape index (κ2) is 8.85. The average Bonchev–Trinajstić information content (AvgIpc) is 3.55. The van der Waals surface area contributed by atoms with Gasteiger partial charge in [0.25, 0.3) is 0 Å². The average molecular weight is 481 g/mol. The first-order valence-electron chi connectivity index (χ1n) is 10.1. The van der Waals surface area contributed by atoms with Crippen molar-refractivity contribution >= 4 is 17.3 Å². The van der Waals surface area contributed by atoms with E-state index in [1.165, 1.54) is 22.8 Å². The van der Waals surface area contributed by atoms with Crippen LogP contribution < -0.4 is 5.32 Å². The van der Waals surface area contributed by atoms with Gasteiger partial charge in [0.15, 0.2) is 0 Å². The number of carbonyl (C=O) groups excluding carboxylic acids is 1. The van der Waals surface area contributed by atoms with Crippen LogP contribution in [0.2, 0.25) is 0 Å². The van der Waals surface area contributed by atoms with Crippen LogP contribution in [0.3, 0.4) is 0 Å². The molecule has 0 bridgehead atoms. The quantitative estimate of drug-likeness (QED) is 0.386. The number of aromatic nitrogens is 6. The molecule has 0 radical (unpaired) electrons. The van der Waals surface area contributed by atoms with Gasteiger partial charge in [-0.1, -0.05) is 11.2 Å². The predicted molar refractivity (Wildman–Crippen MR) is 115 cm³/mol. The zero-order valence-electron chi connectivity index (χ0n) is 17.6. The lowest BCUT2D eigenvalue weighted by molar-refractivity contribution is -0.159. The van der Waals surface area contributed by atoms with E-state index in [1.54, 1.807) is 36.8 Å². The molecule has 35 heavy (non-hydrogen) atoms. The molecular weight excluding hydrogens is 467 g/mol. The molecular formula is C22H14F3N7O3. The normalized spacial score (nSPS) is 11.5. The van der Waals surface area contributed by atoms with Crippen molar-refractivity contribution in [3.8, 4) is 22.8 Å². The molecule has 0 spiro atoms. The Morgan fingerprint density at radius 2 is 1.97 bits per heavy atom. The summed E-state index contributed by atoms with van der Waals surface area (Å²) in [6.45, 7) is -0.0249. The van der Waals surface area contributed by atoms with Crippen molar-refractivity contribution in [3.63, 3.8) is 0 Å². The Kier molecular flexibility index (Phi) is 5.57. The summed E-state index contributed by atoms with van der Waals surface area (Å²) >= 11 is 0. The lowest BCUT2D eigenvalue weighted by Crippen LogP contribution is -2.14. The highest BCUT2D eigenvalue weighted by atomic mass is 19.4. The van der Waals surface area contributed by atoms with E-state index in [-0.39, 0.29) is 18.1 Å². The van der Waals surface area contributed by atoms with Gasteiger partial charge in [0, 0.05) is 29.7 Å². The summed E-state index contributed by atoms with van der Waals surface area (Å²) in [6.07, 6.45) is 0.868. The number of alkyl halides is 3. The van der Waals surface area contributed by atoms with Crippen LogP contribution in [0.1, 0.15) is 11.5 Å². The van der Waals surface area contributed by atoms with E-state index >= 15 is 0 Å². The van der Waals surface area contributed by atoms with Gasteiger partial charge >= 0.3 is 18.2 Å². The molecule has 5 rings (SSSR count). The van der Waals surface area contributed by atoms with E-state index in [1.807, 2.05) is 12.1 Å². The number of anilines is 1. The molecule has 0 aliphatic heterocycles. The van der Waals surface area contributed by atoms with E-state index in [0.717, 1.165) is 11.3 Å². The third-order valence-electron chi connectivity index (χ3n) is 4.84. The van der Waals surface area contributed by atoms with Crippen LogP contribution in [-0.2, 0) is 17.5 Å². The van der Waals surface area contributed by atoms with Crippen molar-refractivity contribution < 1.29 is 27.2 Å². The summed E-state index contributed by atoms with van der Waals surface area (Å²) in [5.41, 5.74) is 3.12. The molecule has 0 aromatic carbocycles. The number of rotatable bonds is 5. The maximum absolute atomic E-state index is 12.8. The van der Waals surface area contributed by atoms with Gasteiger partial charge in [0.2, 0.25) is 5.82 Å². The molecule has 5 heterocycles. The molecule has 1 N–H and O–H groups in total. The van der Waals surface area contributed by atoms with Gasteiger partial charge < -0.3 is 9.26 Å². The van der Waals surface area contributed by atoms with Crippen LogP contribution >= 0.6 is 0 Å². The molecule has 0 aliphatic carbocycles. The molecule has 5 aromatic rings. The van der Waals surface area contributed by atoms with Crippen molar-refractivity contribution in [2.45, 2.75) is 12.8 Å². The molecule has 0 aliphatic rings. The van der Waals surface area contributed by atoms with E-state index in [4.69, 9.17) is 4.74 Å². The van der Waals surface area contributed by atoms with Gasteiger partial charge in [0.05, 0.1) is 23.1 Å². The van der Waals surface area contributed by atoms with Crippen molar-refractivity contribution in [3.05, 3.63) is 78.7 Å². The third kappa shape index (κ3) is 4.64. The van der Waals surface area contributed by atoms with Crippen LogP contribution in [0, 0.1) is 0 Å². The molecule has 10 nitrogen and oxygen atoms in total. The minimum absolute atomic E-state index is 0.0249. The Balaban J connectivity index is 1.27. The van der Waals surface area contributed by atoms with E-state index in [2.05, 4.69) is 35.0 Å². The van der Waals surface area contributed by atoms with Gasteiger partial charge in [-0.15, -0.1) is 0 Å². The van der Waals surface area contributed by atoms with Crippen molar-refractivity contribution in [2.24, 2.45) is 0 Å². The summed E-state index contributed by atoms with van der Waals surface area (Å²) in [5, 5.41) is 10.0. The van der Waals surface area contributed by atoms with Crippen LogP contribution in [-0.4, -0.2) is 35.8 Å². The number of ether oxygens (including phenoxy) is 1. The molecule has 0 fully saturated rings. The SMILES string of the molecule is O=C(Nc1ccc(-c2noc(C(F)(F)F)n2)n2nccc12)OCc1ccc(-c2cccnc2)nc1. The smallest absolute Gasteiger partial charge is 0.444 e. The maximum atomic E-state index is 12.8. The first kappa shape index (κ1) is 22.0. The minimum Gasteiger partial charge on any atom is -0.444 e. The fraction of sp³-hybridized carbons (Fsp3) is 0.0909. The molecule has 0 saturated heterocycles. The fourth-order valence-electron chi connectivity index (χ4n) is 3.22. The first-order chi connectivity index (χ1) is 16.9. The highest BCUT2D eigenvalue weighted by Gasteiger charge is 2.38. The number of carbonyl (C=O) groups is 1. The number of pyridine rings is 3. The van der Waals surface area contributed by atoms with Gasteiger partial charge in [-0.3, -0.25) is 15.3 Å². The zero-order chi connectivity index (χ0) is 24.4. The van der Waals surface area contributed by atoms with Crippen LogP contribution in [0.5, 0.6) is 0 Å². The minimum atomic E-state index is -4.77. The lowest BCUT2D eigenvalue weighted by Gasteiger charge is -2.10. The Bertz CT molecular complexity index is 1480. The number of amides is 1. The summed E-state index contributed by atoms with van der Waals surface area (Å²) in [7, 11) is 0. The summed E-state index contributed by atoms with van der Waals surface area (Å²) < 4.78 is 49.2. The molecule has 176 valence electrons. The van der Waals surface area contributed by atoms with Gasteiger partial charge in [-0.25, -0.2) is 9.31 Å². The van der Waals surface area contributed by atoms with E-state index in [9.17, 15) is 18.0 Å². The molecule has 13 heteroatoms. The van der Waals surface area contributed by atoms with Crippen LogP contribution in [0.4, 0.5) is 23.7 Å². The molecule has 0 unspecified atom stereocenters. The second-order valence-corrected chi connectivity index (χ2v) is 7.18. The summed E-state index contributed by atoms with van der Waals surface area (Å²) in [4.78, 5) is 24.1. The Morgan fingerprint density at radius 3 is 2.69 bits per heavy atom. The largest absolute Gasteiger partial charge is 0.471 e. The number of nitrogens with one attached hydrogen (secondary N) is 1. The first-order valence-corrected chi connectivity index (χ1v) is 10.1. The van der Waals surface area contributed by atoms with Crippen LogP contribution in [0.25, 0.3) is 28.3 Å². The Morgan fingerprint density at radius 1 is 1.09 bits per heavy atom. The zero-order valence-corrected chi connectivity index (χ0v) is 17.6. The topological polar surface area (TPSA) is 120 Å². The summed E-state index contributed by atoms with van der Waals surface area (Å²) in [6, 6.07) is 11.7. The molecule has 0 atom stereocenters. The molecule has 5 aromatic heterocycles. The number of hydrogen-bond donors (Lipinski definition) is 1. The Hall–Kier alpha value is -4.81. The van der Waals surface area contributed by atoms with Crippen molar-refractivity contribution in [2.75, 3.05) is 5.32 Å². The van der Waals surface area contributed by atoms with Gasteiger partial charge in [-0.05, 0) is 36.4 Å². The second-order valence-electron chi connectivity index (χ2n) is 7.18. The standard InChI is InChI=1S/C22H14F3N7O3/c23-22(24,25)20-30-19(31-35-20)18-6-5-16(17-7-9-28-32(17)18)29-21(33)34-12-13-3-4-15(27-10-13)14-2-1-8-26-11-14/h1-11H,12H2,(H,29,33). The van der Waals surface area contributed by atoms with Gasteiger partial charge in [-0.2, -0.15) is 23.3 Å². The van der Waals surface area contributed by atoms with Crippen LogP contribution in [0.15, 0.2) is 71.8 Å². The third-order valence-corrected chi connectivity index (χ3v) is 4.84. The van der Waals surface area contributed by atoms with E-state index < -0.39 is 18.2 Å². The van der Waals surface area contributed by atoms with Crippen molar-refractivity contribution in [1.82, 2.24) is 29.7 Å². The monoisotopic (exact) mass is 481 g/mol. The molecule has 1 amide bonds. The highest BCUT2D eigenvalue weighted by Crippen LogP contribution is 2.30. The van der Waals surface area contributed by atoms with Crippen molar-refractivity contribution in [1.29, 1.82) is 0 Å². The van der Waals surface area contributed by atoms with E-state index in [0.29, 0.717) is 16.8 Å². The maximum Gasteiger partial charge on any atom is 0.471 e. The summed E-state index contributed by atoms with van der Waals surface area (Å²) in [5.74, 6) is -1.77. The number of hydrogen-bond acceptors (Lipinski definition) is 8. The Labute approximate surface area is 194 Å². The number of halogens is 3. The molecule has 0 saturated carbocycles. The fourth-order valence-corrected chi connectivity index (χ4v) is 3.22. The number of nitrogens with zero attached hydrogens (tertiary/aromatic N) is 6. The number of fused-ring (bicyclic) bond motifs is 1. The highest BCUT2D eigenvalue weighted by molar-refractivity contribution is 5.91. The lowest BCUT2D eigenvalue weighted by atomic mass is 10.2. The van der Waals surface area contributed by atoms with Gasteiger partial charge in [0.1, 0.15) is 12.3 Å².